The maximum absolute atomic E-state index is 12.7. The summed E-state index contributed by atoms with van der Waals surface area (Å²) < 4.78 is 20.7. The molecular formula is C82H86N20O13. The van der Waals surface area contributed by atoms with Crippen LogP contribution in [0.5, 0.6) is 0 Å². The van der Waals surface area contributed by atoms with Gasteiger partial charge in [0, 0.05) is 128 Å². The third-order valence-corrected chi connectivity index (χ3v) is 18.5. The number of aromatic nitrogens is 12. The average molecular weight is 1560 g/mol. The molecular weight excluding hydrogens is 1470 g/mol. The van der Waals surface area contributed by atoms with E-state index in [4.69, 9.17) is 28.9 Å². The van der Waals surface area contributed by atoms with Crippen LogP contribution in [-0.2, 0) is 70.5 Å². The van der Waals surface area contributed by atoms with E-state index >= 15 is 0 Å². The van der Waals surface area contributed by atoms with E-state index in [2.05, 4.69) is 76.4 Å². The molecule has 7 amide bonds. The van der Waals surface area contributed by atoms with Crippen molar-refractivity contribution < 1.29 is 61.6 Å². The van der Waals surface area contributed by atoms with Crippen molar-refractivity contribution in [3.05, 3.63) is 286 Å². The van der Waals surface area contributed by atoms with Gasteiger partial charge in [-0.1, -0.05) is 157 Å². The number of carboxylic acid groups (broad SMARTS) is 1. The lowest BCUT2D eigenvalue weighted by Gasteiger charge is -2.20. The second-order valence-corrected chi connectivity index (χ2v) is 26.4. The molecule has 33 nitrogen and oxygen atoms in total. The van der Waals surface area contributed by atoms with E-state index in [1.54, 1.807) is 96.0 Å². The molecule has 592 valence electrons. The fraction of sp³-hybridized carbons (Fsp3) is 0.268. The Bertz CT molecular complexity index is 4910. The average Bonchev–Trinajstić information content (AvgIpc) is 1.69. The zero-order valence-corrected chi connectivity index (χ0v) is 61.8. The molecule has 6 N–H and O–H groups in total. The predicted octanol–water partition coefficient (Wildman–Crippen LogP) is 8.24. The van der Waals surface area contributed by atoms with Crippen molar-refractivity contribution in [3.8, 4) is 0 Å². The molecule has 4 aromatic carbocycles. The van der Waals surface area contributed by atoms with Gasteiger partial charge in [0.15, 0.2) is 46.0 Å². The highest BCUT2D eigenvalue weighted by Crippen LogP contribution is 2.27. The number of carboxylic acids is 1. The highest BCUT2D eigenvalue weighted by molar-refractivity contribution is 6.04. The molecule has 12 heterocycles. The molecule has 0 bridgehead atoms. The molecule has 4 atom stereocenters. The van der Waals surface area contributed by atoms with E-state index in [1.807, 2.05) is 121 Å². The Labute approximate surface area is 661 Å². The van der Waals surface area contributed by atoms with Crippen LogP contribution in [-0.4, -0.2) is 165 Å². The van der Waals surface area contributed by atoms with Crippen LogP contribution >= 0.6 is 0 Å². The Morgan fingerprint density at radius 1 is 0.365 bits per heavy atom. The molecule has 4 aliphatic heterocycles. The van der Waals surface area contributed by atoms with Crippen LogP contribution in [0.1, 0.15) is 151 Å². The molecule has 0 aliphatic carbocycles. The van der Waals surface area contributed by atoms with Crippen molar-refractivity contribution in [1.29, 1.82) is 0 Å². The molecule has 0 fully saturated rings. The molecule has 0 spiro atoms. The quantitative estimate of drug-likeness (QED) is 0.0644. The van der Waals surface area contributed by atoms with E-state index in [-0.39, 0.29) is 61.3 Å². The molecule has 12 aromatic rings. The van der Waals surface area contributed by atoms with E-state index < -0.39 is 47.9 Å². The number of hydrogen-bond acceptors (Lipinski definition) is 25. The maximum atomic E-state index is 12.7. The summed E-state index contributed by atoms with van der Waals surface area (Å²) in [4.78, 5) is 138. The highest BCUT2D eigenvalue weighted by Gasteiger charge is 2.35. The standard InChI is InChI=1S/3C20H19N5O3.C11H9NO3.C9H12N4O.2CH4/c3*1-25-18-15(21-9-10-22-18)7-8-16(20(25)27)23-19(26)17-12-14(28-24-17)11-13-5-3-2-4-6-13;13-11(14)10-7-9(15-12-10)6-8-4-2-1-3-5-8;1-13-8-7(11-4-5-12-8)3-2-6(10)9(13)14;;/h3*2-6,9-10,12,16H,7-8,11H2,1H3,(H,23,26);1-5,7H,6H2,(H,13,14);4-6H,2-3,10H2,1H3;2*1H4/t2*16-;;;;;/m10...../s1. The Kier molecular flexibility index (Phi) is 28.7. The van der Waals surface area contributed by atoms with Crippen molar-refractivity contribution in [2.24, 2.45) is 5.73 Å². The maximum Gasteiger partial charge on any atom is 0.358 e. The number of likely N-dealkylation sites (N-methyl/N-ethyl adjacent to an activating group) is 4. The minimum absolute atomic E-state index is 0. The molecule has 4 aliphatic rings. The third kappa shape index (κ3) is 21.7. The minimum Gasteiger partial charge on any atom is -0.476 e. The summed E-state index contributed by atoms with van der Waals surface area (Å²) in [6.45, 7) is 0. The van der Waals surface area contributed by atoms with Gasteiger partial charge in [0.2, 0.25) is 5.91 Å². The van der Waals surface area contributed by atoms with Crippen LogP contribution in [0.25, 0.3) is 0 Å². The Hall–Kier alpha value is -14.2. The number of nitrogens with one attached hydrogen (secondary N) is 3. The van der Waals surface area contributed by atoms with Gasteiger partial charge in [0.25, 0.3) is 35.4 Å². The summed E-state index contributed by atoms with van der Waals surface area (Å²) in [5, 5.41) is 31.9. The molecule has 115 heavy (non-hydrogen) atoms. The number of nitrogens with zero attached hydrogens (tertiary/aromatic N) is 16. The zero-order valence-electron chi connectivity index (χ0n) is 61.8. The summed E-state index contributed by atoms with van der Waals surface area (Å²) in [7, 11) is 6.58. The summed E-state index contributed by atoms with van der Waals surface area (Å²) in [5.41, 5.74) is 13.4. The molecule has 0 radical (unpaired) electrons. The fourth-order valence-corrected chi connectivity index (χ4v) is 12.6. The van der Waals surface area contributed by atoms with Crippen LogP contribution in [0, 0.1) is 0 Å². The second-order valence-electron chi connectivity index (χ2n) is 26.4. The van der Waals surface area contributed by atoms with Crippen molar-refractivity contribution >= 4 is 70.6 Å². The molecule has 0 saturated heterocycles. The van der Waals surface area contributed by atoms with E-state index in [1.165, 1.54) is 25.7 Å². The monoisotopic (exact) mass is 1560 g/mol. The number of aromatic carboxylic acids is 1. The third-order valence-electron chi connectivity index (χ3n) is 18.5. The van der Waals surface area contributed by atoms with Crippen molar-refractivity contribution in [2.45, 2.75) is 116 Å². The number of fused-ring (bicyclic) bond motifs is 4. The zero-order chi connectivity index (χ0) is 79.3. The SMILES string of the molecule is C.C.CN1C(=O)C(N)CCc2nccnc21.CN1C(=O)C(NC(=O)c2cc(Cc3ccccc3)on2)CCc2nccnc21.CN1C(=O)[C@@H](NC(=O)c2cc(Cc3ccccc3)on2)CCc2nccnc21.CN1C(=O)[C@H](NC(=O)c2cc(Cc3ccccc3)on2)CCc2nccnc21.O=C(O)c1cc(Cc2ccccc2)on1. The molecule has 16 rings (SSSR count). The van der Waals surface area contributed by atoms with Crippen LogP contribution in [0.4, 0.5) is 23.3 Å². The number of hydrogen-bond donors (Lipinski definition) is 5. The summed E-state index contributed by atoms with van der Waals surface area (Å²) in [5.74, 6) is 1.31. The van der Waals surface area contributed by atoms with Gasteiger partial charge < -0.3 is 44.9 Å². The topological polar surface area (TPSA) is 439 Å². The summed E-state index contributed by atoms with van der Waals surface area (Å²) >= 11 is 0. The van der Waals surface area contributed by atoms with Gasteiger partial charge in [0.1, 0.15) is 41.2 Å². The van der Waals surface area contributed by atoms with Crippen LogP contribution in [0.3, 0.4) is 0 Å². The minimum atomic E-state index is -1.07. The predicted molar refractivity (Wildman–Crippen MR) is 420 cm³/mol. The van der Waals surface area contributed by atoms with E-state index in [9.17, 15) is 38.4 Å². The van der Waals surface area contributed by atoms with E-state index in [0.29, 0.717) is 123 Å². The molecule has 33 heteroatoms. The summed E-state index contributed by atoms with van der Waals surface area (Å²) in [6, 6.07) is 42.7. The van der Waals surface area contributed by atoms with Crippen molar-refractivity contribution in [3.63, 3.8) is 0 Å². The number of aryl methyl sites for hydroxylation is 4. The van der Waals surface area contributed by atoms with Crippen molar-refractivity contribution in [1.82, 2.24) is 76.4 Å². The van der Waals surface area contributed by atoms with Crippen LogP contribution in [0.15, 0.2) is 213 Å². The van der Waals surface area contributed by atoms with Gasteiger partial charge in [-0.3, -0.25) is 73.1 Å². The highest BCUT2D eigenvalue weighted by atomic mass is 16.5. The van der Waals surface area contributed by atoms with Gasteiger partial charge in [-0.15, -0.1) is 0 Å². The number of carbonyl (C=O) groups is 8. The largest absolute Gasteiger partial charge is 0.476 e. The Balaban J connectivity index is 0.000000155. The number of amides is 7. The first-order valence-electron chi connectivity index (χ1n) is 36.0. The Morgan fingerprint density at radius 3 is 0.861 bits per heavy atom. The van der Waals surface area contributed by atoms with Gasteiger partial charge >= 0.3 is 5.97 Å². The van der Waals surface area contributed by atoms with E-state index in [0.717, 1.165) is 45.0 Å². The molecule has 2 unspecified atom stereocenters. The lowest BCUT2D eigenvalue weighted by atomic mass is 10.1. The van der Waals surface area contributed by atoms with Crippen LogP contribution in [0.2, 0.25) is 0 Å². The fourth-order valence-electron chi connectivity index (χ4n) is 12.6. The first-order valence-corrected chi connectivity index (χ1v) is 36.0. The lowest BCUT2D eigenvalue weighted by molar-refractivity contribution is -0.120. The number of benzene rings is 4. The second kappa shape index (κ2) is 39.6. The first kappa shape index (κ1) is 83.2. The smallest absolute Gasteiger partial charge is 0.358 e. The van der Waals surface area contributed by atoms with Gasteiger partial charge in [-0.05, 0) is 73.6 Å². The number of rotatable bonds is 15. The van der Waals surface area contributed by atoms with Gasteiger partial charge in [-0.25, -0.2) is 24.7 Å². The normalized spacial score (nSPS) is 15.9. The molecule has 8 aromatic heterocycles. The number of nitrogens with two attached hydrogens (primary N) is 1. The summed E-state index contributed by atoms with van der Waals surface area (Å²) in [6.07, 6.45) is 19.1. The Morgan fingerprint density at radius 2 is 0.600 bits per heavy atom. The van der Waals surface area contributed by atoms with Crippen LogP contribution < -0.4 is 41.3 Å². The lowest BCUT2D eigenvalue weighted by Crippen LogP contribution is -2.47. The van der Waals surface area contributed by atoms with Crippen molar-refractivity contribution in [2.75, 3.05) is 47.8 Å². The number of carbonyl (C=O) groups excluding carboxylic acids is 7. The first-order chi connectivity index (χ1) is 54.8. The number of anilines is 4. The molecule has 0 saturated carbocycles. The van der Waals surface area contributed by atoms with Gasteiger partial charge in [-0.2, -0.15) is 0 Å². The van der Waals surface area contributed by atoms with Gasteiger partial charge in [0.05, 0.1) is 28.8 Å².